The van der Waals surface area contributed by atoms with Crippen LogP contribution in [-0.4, -0.2) is 12.9 Å². The summed E-state index contributed by atoms with van der Waals surface area (Å²) in [7, 11) is 0. The zero-order valence-corrected chi connectivity index (χ0v) is 16.4. The number of ether oxygens (including phenoxy) is 2. The summed E-state index contributed by atoms with van der Waals surface area (Å²) < 4.78 is 38.7. The first-order valence-corrected chi connectivity index (χ1v) is 10.7. The van der Waals surface area contributed by atoms with Crippen molar-refractivity contribution >= 4 is 6.08 Å². The Morgan fingerprint density at radius 2 is 2.07 bits per heavy atom. The molecule has 3 aliphatic carbocycles. The van der Waals surface area contributed by atoms with Crippen LogP contribution in [0.4, 0.5) is 8.78 Å². The predicted octanol–water partition coefficient (Wildman–Crippen LogP) is 6.68. The minimum Gasteiger partial charge on any atom is -0.465 e. The maximum Gasteiger partial charge on any atom is 0.270 e. The monoisotopic (exact) mass is 386 g/mol. The molecule has 0 N–H and O–H groups in total. The Kier molecular flexibility index (Phi) is 4.58. The Labute approximate surface area is 165 Å². The molecule has 1 aliphatic heterocycles. The average Bonchev–Trinajstić information content (AvgIpc) is 3.06. The van der Waals surface area contributed by atoms with E-state index in [4.69, 9.17) is 9.47 Å². The van der Waals surface area contributed by atoms with Crippen LogP contribution in [-0.2, 0) is 4.74 Å². The van der Waals surface area contributed by atoms with E-state index in [2.05, 4.69) is 37.3 Å². The second kappa shape index (κ2) is 6.98. The quantitative estimate of drug-likeness (QED) is 0.564. The molecule has 1 heterocycles. The Morgan fingerprint density at radius 3 is 2.86 bits per heavy atom. The molecule has 1 saturated heterocycles. The summed E-state index contributed by atoms with van der Waals surface area (Å²) in [6, 6.07) is 6.37. The van der Waals surface area contributed by atoms with Crippen molar-refractivity contribution in [1.29, 1.82) is 0 Å². The minimum absolute atomic E-state index is 0.137. The average molecular weight is 386 g/mol. The van der Waals surface area contributed by atoms with E-state index in [1.165, 1.54) is 11.1 Å². The number of benzene rings is 1. The fourth-order valence-corrected chi connectivity index (χ4v) is 6.23. The molecule has 2 nitrogen and oxygen atoms in total. The van der Waals surface area contributed by atoms with E-state index in [0.717, 1.165) is 50.9 Å². The molecule has 1 aromatic rings. The molecule has 28 heavy (non-hydrogen) atoms. The normalized spacial score (nSPS) is 36.5. The van der Waals surface area contributed by atoms with Crippen LogP contribution in [0.1, 0.15) is 68.9 Å². The number of rotatable bonds is 2. The molecular formula is C24H28F2O2. The maximum atomic E-state index is 13.5. The fraction of sp³-hybridized carbons (Fsp3) is 0.583. The SMILES string of the molecule is C[C@]12CC[C@@H]3c4ccc(OC5CCCCO5)cc4C=C[C@H]3[C@@H]1CCC2=C(F)F. The van der Waals surface area contributed by atoms with Crippen molar-refractivity contribution in [3.05, 3.63) is 47.1 Å². The molecule has 3 fully saturated rings. The maximum absolute atomic E-state index is 13.5. The van der Waals surface area contributed by atoms with Gasteiger partial charge in [0.05, 0.1) is 6.61 Å². The summed E-state index contributed by atoms with van der Waals surface area (Å²) in [5, 5.41) is 0. The van der Waals surface area contributed by atoms with Gasteiger partial charge in [0.15, 0.2) is 6.29 Å². The first-order valence-electron chi connectivity index (χ1n) is 10.7. The molecule has 4 aliphatic rings. The van der Waals surface area contributed by atoms with Crippen LogP contribution in [0.25, 0.3) is 6.08 Å². The molecule has 0 radical (unpaired) electrons. The molecule has 1 unspecified atom stereocenters. The van der Waals surface area contributed by atoms with Gasteiger partial charge < -0.3 is 9.47 Å². The number of hydrogen-bond donors (Lipinski definition) is 0. The van der Waals surface area contributed by atoms with Crippen LogP contribution in [0, 0.1) is 17.3 Å². The van der Waals surface area contributed by atoms with Gasteiger partial charge in [0.1, 0.15) is 5.75 Å². The van der Waals surface area contributed by atoms with E-state index in [0.29, 0.717) is 29.7 Å². The highest BCUT2D eigenvalue weighted by molar-refractivity contribution is 5.61. The van der Waals surface area contributed by atoms with E-state index < -0.39 is 6.08 Å². The molecule has 150 valence electrons. The van der Waals surface area contributed by atoms with Crippen LogP contribution in [0.15, 0.2) is 35.9 Å². The van der Waals surface area contributed by atoms with Crippen molar-refractivity contribution in [3.8, 4) is 5.75 Å². The van der Waals surface area contributed by atoms with Crippen molar-refractivity contribution in [2.75, 3.05) is 6.61 Å². The molecule has 1 aromatic carbocycles. The third-order valence-electron chi connectivity index (χ3n) is 7.71. The molecule has 0 spiro atoms. The molecule has 5 atom stereocenters. The summed E-state index contributed by atoms with van der Waals surface area (Å²) in [4.78, 5) is 0. The second-order valence-corrected chi connectivity index (χ2v) is 9.09. The van der Waals surface area contributed by atoms with Crippen LogP contribution in [0.2, 0.25) is 0 Å². The molecule has 2 saturated carbocycles. The molecule has 4 heteroatoms. The Morgan fingerprint density at radius 1 is 1.18 bits per heavy atom. The number of hydrogen-bond acceptors (Lipinski definition) is 2. The van der Waals surface area contributed by atoms with Crippen molar-refractivity contribution in [1.82, 2.24) is 0 Å². The smallest absolute Gasteiger partial charge is 0.270 e. The van der Waals surface area contributed by atoms with Gasteiger partial charge in [-0.3, -0.25) is 0 Å². The lowest BCUT2D eigenvalue weighted by atomic mass is 9.57. The first kappa shape index (κ1) is 18.4. The van der Waals surface area contributed by atoms with Crippen molar-refractivity contribution in [2.24, 2.45) is 17.3 Å². The number of fused-ring (bicyclic) bond motifs is 5. The van der Waals surface area contributed by atoms with Gasteiger partial charge in [-0.05, 0) is 85.0 Å². The third kappa shape index (κ3) is 2.92. The van der Waals surface area contributed by atoms with E-state index >= 15 is 0 Å². The molecule has 0 aromatic heterocycles. The van der Waals surface area contributed by atoms with Crippen LogP contribution < -0.4 is 4.74 Å². The van der Waals surface area contributed by atoms with Crippen LogP contribution >= 0.6 is 0 Å². The third-order valence-corrected chi connectivity index (χ3v) is 7.71. The van der Waals surface area contributed by atoms with E-state index in [-0.39, 0.29) is 11.7 Å². The zero-order chi connectivity index (χ0) is 19.3. The predicted molar refractivity (Wildman–Crippen MR) is 105 cm³/mol. The minimum atomic E-state index is -1.43. The van der Waals surface area contributed by atoms with Crippen molar-refractivity contribution in [2.45, 2.75) is 64.1 Å². The highest BCUT2D eigenvalue weighted by Crippen LogP contribution is 2.62. The number of allylic oxidation sites excluding steroid dienone is 2. The van der Waals surface area contributed by atoms with E-state index in [9.17, 15) is 8.78 Å². The lowest BCUT2D eigenvalue weighted by molar-refractivity contribution is -0.105. The Balaban J connectivity index is 1.39. The van der Waals surface area contributed by atoms with Gasteiger partial charge in [-0.25, -0.2) is 0 Å². The summed E-state index contributed by atoms with van der Waals surface area (Å²) in [5.74, 6) is 1.97. The molecule has 5 rings (SSSR count). The van der Waals surface area contributed by atoms with Gasteiger partial charge in [0.2, 0.25) is 0 Å². The lowest BCUT2D eigenvalue weighted by Crippen LogP contribution is -2.38. The van der Waals surface area contributed by atoms with Gasteiger partial charge in [0, 0.05) is 12.0 Å². The van der Waals surface area contributed by atoms with Gasteiger partial charge in [-0.15, -0.1) is 0 Å². The Bertz CT molecular complexity index is 820. The van der Waals surface area contributed by atoms with Gasteiger partial charge >= 0.3 is 0 Å². The van der Waals surface area contributed by atoms with Gasteiger partial charge in [-0.1, -0.05) is 25.1 Å². The molecule has 0 amide bonds. The highest BCUT2D eigenvalue weighted by Gasteiger charge is 2.53. The second-order valence-electron chi connectivity index (χ2n) is 9.09. The Hall–Kier alpha value is -1.68. The lowest BCUT2D eigenvalue weighted by Gasteiger charge is -2.47. The van der Waals surface area contributed by atoms with E-state index in [1.807, 2.05) is 0 Å². The summed E-state index contributed by atoms with van der Waals surface area (Å²) in [5.41, 5.74) is 2.66. The summed E-state index contributed by atoms with van der Waals surface area (Å²) in [6.07, 6.45) is 9.36. The van der Waals surface area contributed by atoms with E-state index in [1.54, 1.807) is 0 Å². The standard InChI is InChI=1S/C24H28F2O2/c1-24-12-11-18-17-8-6-16(28-22-4-2-3-13-27-22)14-15(17)5-7-19(18)20(24)9-10-21(24)23(25)26/h5-8,14,18-20,22H,2-4,9-13H2,1H3/t18-,19-,20+,22?,24+/m1/s1. The fourth-order valence-electron chi connectivity index (χ4n) is 6.23. The van der Waals surface area contributed by atoms with Crippen LogP contribution in [0.3, 0.4) is 0 Å². The zero-order valence-electron chi connectivity index (χ0n) is 16.4. The van der Waals surface area contributed by atoms with Crippen LogP contribution in [0.5, 0.6) is 5.75 Å². The molecular weight excluding hydrogens is 358 g/mol. The van der Waals surface area contributed by atoms with Gasteiger partial charge in [-0.2, -0.15) is 8.78 Å². The van der Waals surface area contributed by atoms with Gasteiger partial charge in [0.25, 0.3) is 6.08 Å². The summed E-state index contributed by atoms with van der Waals surface area (Å²) >= 11 is 0. The molecule has 0 bridgehead atoms. The first-order chi connectivity index (χ1) is 13.6. The summed E-state index contributed by atoms with van der Waals surface area (Å²) in [6.45, 7) is 2.84. The topological polar surface area (TPSA) is 18.5 Å². The number of halogens is 2. The van der Waals surface area contributed by atoms with Crippen molar-refractivity contribution in [3.63, 3.8) is 0 Å². The highest BCUT2D eigenvalue weighted by atomic mass is 19.3. The van der Waals surface area contributed by atoms with Crippen molar-refractivity contribution < 1.29 is 18.3 Å². The largest absolute Gasteiger partial charge is 0.465 e.